The standard InChI is InChI=1S/C11H13N3O2S/c1-3-10(15)9-5-4-8(6-12-9)17-11-14-13-7(2)16-11/h4-6,10,15H,3H2,1-2H3/t10-/m0/s1. The van der Waals surface area contributed by atoms with Crippen molar-refractivity contribution < 1.29 is 9.52 Å². The van der Waals surface area contributed by atoms with Crippen LogP contribution in [0.25, 0.3) is 0 Å². The summed E-state index contributed by atoms with van der Waals surface area (Å²) in [7, 11) is 0. The smallest absolute Gasteiger partial charge is 0.281 e. The molecule has 0 aliphatic carbocycles. The molecule has 2 aromatic heterocycles. The van der Waals surface area contributed by atoms with Gasteiger partial charge in [0.1, 0.15) is 0 Å². The fourth-order valence-electron chi connectivity index (χ4n) is 1.28. The van der Waals surface area contributed by atoms with E-state index in [4.69, 9.17) is 4.42 Å². The molecule has 0 amide bonds. The quantitative estimate of drug-likeness (QED) is 0.899. The first-order valence-electron chi connectivity index (χ1n) is 5.31. The van der Waals surface area contributed by atoms with Gasteiger partial charge in [0.05, 0.1) is 11.8 Å². The van der Waals surface area contributed by atoms with Crippen molar-refractivity contribution in [3.05, 3.63) is 29.9 Å². The Morgan fingerprint density at radius 3 is 2.76 bits per heavy atom. The van der Waals surface area contributed by atoms with Crippen LogP contribution in [0.3, 0.4) is 0 Å². The Morgan fingerprint density at radius 2 is 2.24 bits per heavy atom. The number of rotatable bonds is 4. The molecule has 6 heteroatoms. The Morgan fingerprint density at radius 1 is 1.41 bits per heavy atom. The average molecular weight is 251 g/mol. The van der Waals surface area contributed by atoms with Crippen LogP contribution in [0.5, 0.6) is 0 Å². The molecule has 2 rings (SSSR count). The van der Waals surface area contributed by atoms with Crippen LogP contribution >= 0.6 is 11.8 Å². The lowest BCUT2D eigenvalue weighted by Gasteiger charge is -2.06. The molecule has 5 nitrogen and oxygen atoms in total. The van der Waals surface area contributed by atoms with Crippen molar-refractivity contribution in [3.8, 4) is 0 Å². The highest BCUT2D eigenvalue weighted by Gasteiger charge is 2.08. The number of aliphatic hydroxyl groups excluding tert-OH is 1. The molecular weight excluding hydrogens is 238 g/mol. The molecule has 0 unspecified atom stereocenters. The van der Waals surface area contributed by atoms with Gasteiger partial charge in [-0.1, -0.05) is 6.92 Å². The highest BCUT2D eigenvalue weighted by atomic mass is 32.2. The van der Waals surface area contributed by atoms with E-state index in [1.165, 1.54) is 11.8 Å². The molecule has 0 aliphatic rings. The molecule has 0 aliphatic heterocycles. The minimum Gasteiger partial charge on any atom is -0.416 e. The van der Waals surface area contributed by atoms with E-state index in [1.807, 2.05) is 13.0 Å². The zero-order chi connectivity index (χ0) is 12.3. The van der Waals surface area contributed by atoms with E-state index >= 15 is 0 Å². The van der Waals surface area contributed by atoms with Crippen molar-refractivity contribution in [2.45, 2.75) is 36.5 Å². The van der Waals surface area contributed by atoms with Gasteiger partial charge in [0.15, 0.2) is 0 Å². The number of aliphatic hydroxyl groups is 1. The van der Waals surface area contributed by atoms with Crippen LogP contribution < -0.4 is 0 Å². The topological polar surface area (TPSA) is 72.0 Å². The third-order valence-corrected chi connectivity index (χ3v) is 3.02. The van der Waals surface area contributed by atoms with Gasteiger partial charge in [0.2, 0.25) is 5.89 Å². The van der Waals surface area contributed by atoms with Crippen LogP contribution in [0.2, 0.25) is 0 Å². The van der Waals surface area contributed by atoms with Crippen LogP contribution in [0.15, 0.2) is 32.9 Å². The third kappa shape index (κ3) is 3.04. The number of hydrogen-bond acceptors (Lipinski definition) is 6. The highest BCUT2D eigenvalue weighted by molar-refractivity contribution is 7.99. The zero-order valence-electron chi connectivity index (χ0n) is 9.62. The first-order valence-corrected chi connectivity index (χ1v) is 6.12. The summed E-state index contributed by atoms with van der Waals surface area (Å²) in [6, 6.07) is 3.69. The van der Waals surface area contributed by atoms with Gasteiger partial charge >= 0.3 is 0 Å². The van der Waals surface area contributed by atoms with E-state index < -0.39 is 6.10 Å². The maximum atomic E-state index is 9.60. The Labute approximate surface area is 103 Å². The summed E-state index contributed by atoms with van der Waals surface area (Å²) in [5, 5.41) is 17.7. The van der Waals surface area contributed by atoms with Gasteiger partial charge < -0.3 is 9.52 Å². The Kier molecular flexibility index (Phi) is 3.75. The number of pyridine rings is 1. The van der Waals surface area contributed by atoms with Gasteiger partial charge in [-0.15, -0.1) is 10.2 Å². The van der Waals surface area contributed by atoms with Crippen LogP contribution in [0, 0.1) is 6.92 Å². The maximum Gasteiger partial charge on any atom is 0.281 e. The monoisotopic (exact) mass is 251 g/mol. The molecule has 17 heavy (non-hydrogen) atoms. The number of aryl methyl sites for hydroxylation is 1. The van der Waals surface area contributed by atoms with E-state index in [1.54, 1.807) is 19.2 Å². The van der Waals surface area contributed by atoms with E-state index in [-0.39, 0.29) is 0 Å². The third-order valence-electron chi connectivity index (χ3n) is 2.20. The fraction of sp³-hybridized carbons (Fsp3) is 0.364. The van der Waals surface area contributed by atoms with Gasteiger partial charge in [-0.2, -0.15) is 0 Å². The normalized spacial score (nSPS) is 12.6. The summed E-state index contributed by atoms with van der Waals surface area (Å²) in [5.41, 5.74) is 0.679. The minimum absolute atomic E-state index is 0.494. The van der Waals surface area contributed by atoms with E-state index in [0.717, 1.165) is 4.90 Å². The molecule has 1 N–H and O–H groups in total. The summed E-state index contributed by atoms with van der Waals surface area (Å²) in [5.74, 6) is 0.540. The van der Waals surface area contributed by atoms with Crippen molar-refractivity contribution in [1.82, 2.24) is 15.2 Å². The van der Waals surface area contributed by atoms with Gasteiger partial charge in [-0.25, -0.2) is 0 Å². The Bertz CT molecular complexity index is 484. The lowest BCUT2D eigenvalue weighted by atomic mass is 10.2. The summed E-state index contributed by atoms with van der Waals surface area (Å²) < 4.78 is 5.25. The summed E-state index contributed by atoms with van der Waals surface area (Å²) in [6.07, 6.45) is 1.85. The fourth-order valence-corrected chi connectivity index (χ4v) is 1.97. The van der Waals surface area contributed by atoms with Crippen molar-refractivity contribution >= 4 is 11.8 Å². The molecular formula is C11H13N3O2S. The lowest BCUT2D eigenvalue weighted by molar-refractivity contribution is 0.169. The highest BCUT2D eigenvalue weighted by Crippen LogP contribution is 2.26. The molecule has 0 bridgehead atoms. The van der Waals surface area contributed by atoms with Gasteiger partial charge in [-0.05, 0) is 30.3 Å². The molecule has 90 valence electrons. The second-order valence-electron chi connectivity index (χ2n) is 3.53. The molecule has 2 aromatic rings. The molecule has 2 heterocycles. The number of aromatic nitrogens is 3. The first kappa shape index (κ1) is 12.1. The summed E-state index contributed by atoms with van der Waals surface area (Å²) in [6.45, 7) is 3.66. The molecule has 0 saturated carbocycles. The largest absolute Gasteiger partial charge is 0.416 e. The van der Waals surface area contributed by atoms with E-state index in [0.29, 0.717) is 23.2 Å². The molecule has 1 atom stereocenters. The summed E-state index contributed by atoms with van der Waals surface area (Å²) >= 11 is 1.35. The number of nitrogens with zero attached hydrogens (tertiary/aromatic N) is 3. The Hall–Kier alpha value is -1.40. The van der Waals surface area contributed by atoms with Crippen molar-refractivity contribution in [1.29, 1.82) is 0 Å². The second-order valence-corrected chi connectivity index (χ2v) is 4.56. The first-order chi connectivity index (χ1) is 8.19. The van der Waals surface area contributed by atoms with E-state index in [9.17, 15) is 5.11 Å². The van der Waals surface area contributed by atoms with Crippen LogP contribution in [-0.2, 0) is 0 Å². The molecule has 0 aromatic carbocycles. The zero-order valence-corrected chi connectivity index (χ0v) is 10.4. The average Bonchev–Trinajstić information content (AvgIpc) is 2.75. The molecule has 0 radical (unpaired) electrons. The van der Waals surface area contributed by atoms with Gasteiger partial charge in [-0.3, -0.25) is 4.98 Å². The second kappa shape index (κ2) is 5.29. The molecule has 0 spiro atoms. The predicted molar refractivity (Wildman–Crippen MR) is 62.6 cm³/mol. The van der Waals surface area contributed by atoms with Crippen LogP contribution in [-0.4, -0.2) is 20.3 Å². The van der Waals surface area contributed by atoms with Gasteiger partial charge in [0, 0.05) is 18.0 Å². The lowest BCUT2D eigenvalue weighted by Crippen LogP contribution is -1.97. The van der Waals surface area contributed by atoms with Crippen LogP contribution in [0.1, 0.15) is 31.0 Å². The SMILES string of the molecule is CC[C@H](O)c1ccc(Sc2nnc(C)o2)cn1. The van der Waals surface area contributed by atoms with Gasteiger partial charge in [0.25, 0.3) is 5.22 Å². The maximum absolute atomic E-state index is 9.60. The minimum atomic E-state index is -0.500. The molecule has 0 saturated heterocycles. The van der Waals surface area contributed by atoms with Crippen molar-refractivity contribution in [2.75, 3.05) is 0 Å². The summed E-state index contributed by atoms with van der Waals surface area (Å²) in [4.78, 5) is 5.10. The Balaban J connectivity index is 2.08. The number of hydrogen-bond donors (Lipinski definition) is 1. The van der Waals surface area contributed by atoms with E-state index in [2.05, 4.69) is 15.2 Å². The van der Waals surface area contributed by atoms with Crippen LogP contribution in [0.4, 0.5) is 0 Å². The molecule has 0 fully saturated rings. The van der Waals surface area contributed by atoms with Crippen molar-refractivity contribution in [2.24, 2.45) is 0 Å². The predicted octanol–water partition coefficient (Wildman–Crippen LogP) is 2.37. The van der Waals surface area contributed by atoms with Crippen molar-refractivity contribution in [3.63, 3.8) is 0 Å².